The lowest BCUT2D eigenvalue weighted by molar-refractivity contribution is 0.0983. The summed E-state index contributed by atoms with van der Waals surface area (Å²) in [5, 5.41) is 6.81. The molecule has 1 aromatic rings. The van der Waals surface area contributed by atoms with Crippen molar-refractivity contribution >= 4 is 17.7 Å². The first-order valence-corrected chi connectivity index (χ1v) is 8.90. The number of aryl methyl sites for hydroxylation is 1. The molecule has 0 spiro atoms. The molecule has 1 aromatic heterocycles. The van der Waals surface area contributed by atoms with Crippen molar-refractivity contribution in [2.75, 3.05) is 36.9 Å². The fraction of sp³-hybridized carbons (Fsp3) is 0.706. The van der Waals surface area contributed by atoms with E-state index in [1.807, 2.05) is 19.9 Å². The van der Waals surface area contributed by atoms with Crippen LogP contribution in [-0.4, -0.2) is 53.2 Å². The number of unbranched alkanes of at least 4 members (excludes halogenated alkanes) is 1. The highest BCUT2D eigenvalue weighted by Crippen LogP contribution is 2.18. The van der Waals surface area contributed by atoms with E-state index in [0.717, 1.165) is 49.7 Å². The van der Waals surface area contributed by atoms with Gasteiger partial charge in [0.05, 0.1) is 6.61 Å². The summed E-state index contributed by atoms with van der Waals surface area (Å²) in [4.78, 5) is 22.4. The van der Waals surface area contributed by atoms with Crippen molar-refractivity contribution in [3.05, 3.63) is 11.9 Å². The Balaban J connectivity index is 1.86. The number of amides is 1. The third kappa shape index (κ3) is 5.54. The highest BCUT2D eigenvalue weighted by molar-refractivity contribution is 5.67. The molecule has 1 fully saturated rings. The highest BCUT2D eigenvalue weighted by atomic mass is 16.6. The molecule has 2 heterocycles. The van der Waals surface area contributed by atoms with E-state index in [-0.39, 0.29) is 6.09 Å². The van der Waals surface area contributed by atoms with Crippen LogP contribution in [0.3, 0.4) is 0 Å². The van der Waals surface area contributed by atoms with Gasteiger partial charge < -0.3 is 20.3 Å². The zero-order valence-corrected chi connectivity index (χ0v) is 15.0. The Morgan fingerprint density at radius 3 is 2.67 bits per heavy atom. The molecule has 0 bridgehead atoms. The molecule has 0 atom stereocenters. The van der Waals surface area contributed by atoms with Gasteiger partial charge in [0.25, 0.3) is 0 Å². The molecule has 134 valence electrons. The predicted octanol–water partition coefficient (Wildman–Crippen LogP) is 3.03. The summed E-state index contributed by atoms with van der Waals surface area (Å²) in [7, 11) is 0. The first-order valence-electron chi connectivity index (χ1n) is 8.90. The Morgan fingerprint density at radius 2 is 2.00 bits per heavy atom. The van der Waals surface area contributed by atoms with Gasteiger partial charge in [0.2, 0.25) is 0 Å². The minimum absolute atomic E-state index is 0.212. The number of likely N-dealkylation sites (tertiary alicyclic amines) is 1. The molecule has 0 unspecified atom stereocenters. The van der Waals surface area contributed by atoms with Crippen LogP contribution in [0.25, 0.3) is 0 Å². The second-order valence-corrected chi connectivity index (χ2v) is 6.07. The van der Waals surface area contributed by atoms with Crippen molar-refractivity contribution in [3.8, 4) is 0 Å². The predicted molar refractivity (Wildman–Crippen MR) is 95.4 cm³/mol. The third-order valence-electron chi connectivity index (χ3n) is 4.05. The Morgan fingerprint density at radius 1 is 1.29 bits per heavy atom. The summed E-state index contributed by atoms with van der Waals surface area (Å²) >= 11 is 0. The molecule has 7 nitrogen and oxygen atoms in total. The molecule has 24 heavy (non-hydrogen) atoms. The number of nitrogens with one attached hydrogen (secondary N) is 2. The van der Waals surface area contributed by atoms with Crippen LogP contribution in [0.2, 0.25) is 0 Å². The number of nitrogens with zero attached hydrogens (tertiary/aromatic N) is 3. The van der Waals surface area contributed by atoms with Crippen molar-refractivity contribution < 1.29 is 9.53 Å². The number of carbonyl (C=O) groups excluding carboxylic acids is 1. The van der Waals surface area contributed by atoms with E-state index < -0.39 is 0 Å². The summed E-state index contributed by atoms with van der Waals surface area (Å²) < 4.78 is 5.05. The Kier molecular flexibility index (Phi) is 7.08. The zero-order valence-electron chi connectivity index (χ0n) is 15.0. The molecule has 0 radical (unpaired) electrons. The average Bonchev–Trinajstić information content (AvgIpc) is 2.55. The van der Waals surface area contributed by atoms with E-state index in [1.54, 1.807) is 4.90 Å². The second kappa shape index (κ2) is 9.30. The summed E-state index contributed by atoms with van der Waals surface area (Å²) in [6.45, 7) is 8.66. The molecule has 2 N–H and O–H groups in total. The standard InChI is InChI=1S/C17H29N5O2/c1-4-6-9-18-15-12-16(20-13(3)19-15)21-14-7-10-22(11-8-14)17(23)24-5-2/h12,14H,4-11H2,1-3H3,(H2,18,19,20,21). The topological polar surface area (TPSA) is 79.4 Å². The third-order valence-corrected chi connectivity index (χ3v) is 4.05. The van der Waals surface area contributed by atoms with Crippen molar-refractivity contribution in [3.63, 3.8) is 0 Å². The first-order chi connectivity index (χ1) is 11.6. The van der Waals surface area contributed by atoms with Crippen LogP contribution in [0.1, 0.15) is 45.4 Å². The Labute approximate surface area is 144 Å². The molecule has 1 aliphatic heterocycles. The van der Waals surface area contributed by atoms with Crippen molar-refractivity contribution in [2.24, 2.45) is 0 Å². The second-order valence-electron chi connectivity index (χ2n) is 6.07. The van der Waals surface area contributed by atoms with Crippen LogP contribution in [0.15, 0.2) is 6.07 Å². The van der Waals surface area contributed by atoms with E-state index in [4.69, 9.17) is 4.74 Å². The van der Waals surface area contributed by atoms with E-state index in [1.165, 1.54) is 0 Å². The lowest BCUT2D eigenvalue weighted by Gasteiger charge is -2.31. The van der Waals surface area contributed by atoms with Gasteiger partial charge in [-0.3, -0.25) is 0 Å². The maximum Gasteiger partial charge on any atom is 0.409 e. The fourth-order valence-electron chi connectivity index (χ4n) is 2.76. The largest absolute Gasteiger partial charge is 0.450 e. The minimum atomic E-state index is -0.212. The van der Waals surface area contributed by atoms with Crippen LogP contribution < -0.4 is 10.6 Å². The van der Waals surface area contributed by atoms with Crippen molar-refractivity contribution in [1.82, 2.24) is 14.9 Å². The first kappa shape index (κ1) is 18.3. The number of rotatable bonds is 7. The number of ether oxygens (including phenoxy) is 1. The van der Waals surface area contributed by atoms with Crippen LogP contribution in [0.5, 0.6) is 0 Å². The van der Waals surface area contributed by atoms with E-state index >= 15 is 0 Å². The number of hydrogen-bond acceptors (Lipinski definition) is 6. The van der Waals surface area contributed by atoms with Crippen LogP contribution >= 0.6 is 0 Å². The van der Waals surface area contributed by atoms with Crippen LogP contribution in [0.4, 0.5) is 16.4 Å². The van der Waals surface area contributed by atoms with Gasteiger partial charge in [-0.15, -0.1) is 0 Å². The maximum absolute atomic E-state index is 11.7. The molecule has 1 saturated heterocycles. The summed E-state index contributed by atoms with van der Waals surface area (Å²) in [5.41, 5.74) is 0. The number of aromatic nitrogens is 2. The van der Waals surface area contributed by atoms with E-state index in [2.05, 4.69) is 27.5 Å². The van der Waals surface area contributed by atoms with Gasteiger partial charge >= 0.3 is 6.09 Å². The zero-order chi connectivity index (χ0) is 17.4. The molecule has 1 amide bonds. The van der Waals surface area contributed by atoms with E-state index in [0.29, 0.717) is 25.7 Å². The normalized spacial score (nSPS) is 15.2. The molecular formula is C17H29N5O2. The monoisotopic (exact) mass is 335 g/mol. The lowest BCUT2D eigenvalue weighted by atomic mass is 10.1. The average molecular weight is 335 g/mol. The van der Waals surface area contributed by atoms with Gasteiger partial charge in [-0.2, -0.15) is 0 Å². The molecular weight excluding hydrogens is 306 g/mol. The number of piperidine rings is 1. The molecule has 0 aromatic carbocycles. The van der Waals surface area contributed by atoms with Gasteiger partial charge in [0.15, 0.2) is 0 Å². The van der Waals surface area contributed by atoms with Gasteiger partial charge in [-0.05, 0) is 33.1 Å². The smallest absolute Gasteiger partial charge is 0.409 e. The Hall–Kier alpha value is -2.05. The van der Waals surface area contributed by atoms with Gasteiger partial charge in [-0.25, -0.2) is 14.8 Å². The molecule has 1 aliphatic rings. The quantitative estimate of drug-likeness (QED) is 0.746. The van der Waals surface area contributed by atoms with Gasteiger partial charge in [-0.1, -0.05) is 13.3 Å². The van der Waals surface area contributed by atoms with Gasteiger partial charge in [0, 0.05) is 31.7 Å². The molecule has 0 saturated carbocycles. The van der Waals surface area contributed by atoms with Crippen LogP contribution in [-0.2, 0) is 4.74 Å². The summed E-state index contributed by atoms with van der Waals surface area (Å²) in [6.07, 6.45) is 3.84. The summed E-state index contributed by atoms with van der Waals surface area (Å²) in [5.74, 6) is 2.46. The summed E-state index contributed by atoms with van der Waals surface area (Å²) in [6, 6.07) is 2.27. The maximum atomic E-state index is 11.7. The van der Waals surface area contributed by atoms with Crippen molar-refractivity contribution in [1.29, 1.82) is 0 Å². The SMILES string of the molecule is CCCCNc1cc(NC2CCN(C(=O)OCC)CC2)nc(C)n1. The number of anilines is 2. The molecule has 7 heteroatoms. The number of hydrogen-bond donors (Lipinski definition) is 2. The van der Waals surface area contributed by atoms with Crippen LogP contribution in [0, 0.1) is 6.92 Å². The van der Waals surface area contributed by atoms with E-state index in [9.17, 15) is 4.79 Å². The highest BCUT2D eigenvalue weighted by Gasteiger charge is 2.23. The van der Waals surface area contributed by atoms with Crippen molar-refractivity contribution in [2.45, 2.75) is 52.5 Å². The Bertz CT molecular complexity index is 530. The molecule has 0 aliphatic carbocycles. The van der Waals surface area contributed by atoms with Gasteiger partial charge in [0.1, 0.15) is 17.5 Å². The number of carbonyl (C=O) groups is 1. The minimum Gasteiger partial charge on any atom is -0.450 e. The fourth-order valence-corrected chi connectivity index (χ4v) is 2.76. The molecule has 2 rings (SSSR count). The lowest BCUT2D eigenvalue weighted by Crippen LogP contribution is -2.42.